The Bertz CT molecular complexity index is 1170. The van der Waals surface area contributed by atoms with Gasteiger partial charge in [0.05, 0.1) is 39.4 Å². The molecule has 9 heteroatoms. The van der Waals surface area contributed by atoms with Crippen molar-refractivity contribution in [3.63, 3.8) is 0 Å². The van der Waals surface area contributed by atoms with E-state index in [2.05, 4.69) is 4.98 Å². The van der Waals surface area contributed by atoms with Gasteiger partial charge in [-0.2, -0.15) is 0 Å². The molecule has 5 nitrogen and oxygen atoms in total. The van der Waals surface area contributed by atoms with Gasteiger partial charge in [0.15, 0.2) is 0 Å². The van der Waals surface area contributed by atoms with Crippen molar-refractivity contribution in [3.05, 3.63) is 58.5 Å². The van der Waals surface area contributed by atoms with Crippen LogP contribution in [0.1, 0.15) is 0 Å². The molecule has 2 heterocycles. The summed E-state index contributed by atoms with van der Waals surface area (Å²) in [5, 5.41) is 0.825. The maximum absolute atomic E-state index is 14.0. The highest BCUT2D eigenvalue weighted by Gasteiger charge is 2.28. The zero-order valence-corrected chi connectivity index (χ0v) is 16.9. The molecule has 1 aliphatic rings. The Labute approximate surface area is 171 Å². The molecule has 1 aromatic heterocycles. The smallest absolute Gasteiger partial charge is 0.210 e. The lowest BCUT2D eigenvalue weighted by Gasteiger charge is -2.31. The zero-order valence-electron chi connectivity index (χ0n) is 14.5. The van der Waals surface area contributed by atoms with E-state index in [4.69, 9.17) is 27.9 Å². The highest BCUT2D eigenvalue weighted by atomic mass is 35.5. The van der Waals surface area contributed by atoms with Crippen LogP contribution in [0.5, 0.6) is 0 Å². The Morgan fingerprint density at radius 2 is 1.79 bits per heavy atom. The summed E-state index contributed by atoms with van der Waals surface area (Å²) < 4.78 is 46.2. The van der Waals surface area contributed by atoms with E-state index in [1.54, 1.807) is 0 Å². The highest BCUT2D eigenvalue weighted by molar-refractivity contribution is 7.91. The van der Waals surface area contributed by atoms with Crippen molar-refractivity contribution < 1.29 is 17.5 Å². The Morgan fingerprint density at radius 1 is 1.04 bits per heavy atom. The quantitative estimate of drug-likeness (QED) is 0.605. The fourth-order valence-electron chi connectivity index (χ4n) is 3.21. The SMILES string of the molecule is O=S(=O)(c1ccc(Cl)c(Cl)c1)c1cnc2ccc(F)cc2c1N1CCOCC1. The number of pyridine rings is 1. The van der Waals surface area contributed by atoms with Gasteiger partial charge < -0.3 is 9.64 Å². The molecule has 0 saturated carbocycles. The van der Waals surface area contributed by atoms with Crippen molar-refractivity contribution in [3.8, 4) is 0 Å². The third kappa shape index (κ3) is 3.43. The van der Waals surface area contributed by atoms with E-state index in [0.717, 1.165) is 0 Å². The molecule has 28 heavy (non-hydrogen) atoms. The predicted molar refractivity (Wildman–Crippen MR) is 107 cm³/mol. The van der Waals surface area contributed by atoms with Crippen LogP contribution in [0.3, 0.4) is 0 Å². The molecule has 0 spiro atoms. The predicted octanol–water partition coefficient (Wildman–Crippen LogP) is 4.35. The second kappa shape index (κ2) is 7.48. The normalized spacial score (nSPS) is 15.2. The number of rotatable bonds is 3. The molecule has 0 unspecified atom stereocenters. The minimum absolute atomic E-state index is 0.00559. The van der Waals surface area contributed by atoms with Crippen LogP contribution in [0, 0.1) is 5.82 Å². The van der Waals surface area contributed by atoms with Gasteiger partial charge in [0.1, 0.15) is 10.7 Å². The number of anilines is 1. The summed E-state index contributed by atoms with van der Waals surface area (Å²) >= 11 is 11.9. The Balaban J connectivity index is 1.98. The van der Waals surface area contributed by atoms with E-state index in [1.165, 1.54) is 42.6 Å². The van der Waals surface area contributed by atoms with Gasteiger partial charge in [0.2, 0.25) is 9.84 Å². The number of sulfone groups is 1. The lowest BCUT2D eigenvalue weighted by atomic mass is 10.1. The number of nitrogens with zero attached hydrogens (tertiary/aromatic N) is 2. The fraction of sp³-hybridized carbons (Fsp3) is 0.211. The lowest BCUT2D eigenvalue weighted by Crippen LogP contribution is -2.37. The molecule has 2 aromatic carbocycles. The standard InChI is InChI=1S/C19H15Cl2FN2O3S/c20-15-3-2-13(10-16(15)21)28(25,26)18-11-23-17-4-1-12(22)9-14(17)19(18)24-5-7-27-8-6-24/h1-4,9-11H,5-8H2. The second-order valence-corrected chi connectivity index (χ2v) is 9.04. The average Bonchev–Trinajstić information content (AvgIpc) is 2.69. The summed E-state index contributed by atoms with van der Waals surface area (Å²) in [4.78, 5) is 6.12. The van der Waals surface area contributed by atoms with E-state index >= 15 is 0 Å². The number of fused-ring (bicyclic) bond motifs is 1. The minimum atomic E-state index is -3.97. The molecule has 3 aromatic rings. The number of ether oxygens (including phenoxy) is 1. The molecule has 0 radical (unpaired) electrons. The molecule has 1 aliphatic heterocycles. The fourth-order valence-corrected chi connectivity index (χ4v) is 5.04. The highest BCUT2D eigenvalue weighted by Crippen LogP contribution is 2.37. The number of hydrogen-bond acceptors (Lipinski definition) is 5. The van der Waals surface area contributed by atoms with Crippen LogP contribution < -0.4 is 4.90 Å². The molecule has 146 valence electrons. The third-order valence-corrected chi connectivity index (χ3v) is 7.08. The van der Waals surface area contributed by atoms with Gasteiger partial charge in [-0.1, -0.05) is 23.2 Å². The molecule has 4 rings (SSSR count). The van der Waals surface area contributed by atoms with Crippen molar-refractivity contribution in [2.24, 2.45) is 0 Å². The molecule has 0 N–H and O–H groups in total. The molecule has 0 aliphatic carbocycles. The number of benzene rings is 2. The molecule has 1 saturated heterocycles. The minimum Gasteiger partial charge on any atom is -0.378 e. The summed E-state index contributed by atoms with van der Waals surface area (Å²) in [5.41, 5.74) is 0.926. The van der Waals surface area contributed by atoms with Gasteiger partial charge in [-0.25, -0.2) is 12.8 Å². The van der Waals surface area contributed by atoms with Gasteiger partial charge in [0, 0.05) is 24.7 Å². The summed E-state index contributed by atoms with van der Waals surface area (Å²) in [5.74, 6) is -0.465. The monoisotopic (exact) mass is 440 g/mol. The van der Waals surface area contributed by atoms with Crippen LogP contribution in [-0.4, -0.2) is 39.7 Å². The van der Waals surface area contributed by atoms with E-state index in [1.807, 2.05) is 4.90 Å². The third-order valence-electron chi connectivity index (χ3n) is 4.59. The van der Waals surface area contributed by atoms with E-state index in [0.29, 0.717) is 42.9 Å². The van der Waals surface area contributed by atoms with Crippen LogP contribution in [-0.2, 0) is 14.6 Å². The molecular weight excluding hydrogens is 426 g/mol. The van der Waals surface area contributed by atoms with E-state index in [9.17, 15) is 12.8 Å². The molecule has 0 amide bonds. The number of morpholine rings is 1. The first-order chi connectivity index (χ1) is 13.4. The Kier molecular flexibility index (Phi) is 5.18. The van der Waals surface area contributed by atoms with Crippen LogP contribution in [0.2, 0.25) is 10.0 Å². The maximum atomic E-state index is 14.0. The summed E-state index contributed by atoms with van der Waals surface area (Å²) in [6.07, 6.45) is 1.31. The van der Waals surface area contributed by atoms with Crippen molar-refractivity contribution in [1.29, 1.82) is 0 Å². The van der Waals surface area contributed by atoms with Gasteiger partial charge in [-0.3, -0.25) is 4.98 Å². The van der Waals surface area contributed by atoms with Crippen molar-refractivity contribution in [1.82, 2.24) is 4.98 Å². The van der Waals surface area contributed by atoms with Gasteiger partial charge in [0.25, 0.3) is 0 Å². The van der Waals surface area contributed by atoms with E-state index in [-0.39, 0.29) is 19.8 Å². The van der Waals surface area contributed by atoms with Crippen LogP contribution in [0.25, 0.3) is 10.9 Å². The van der Waals surface area contributed by atoms with Crippen molar-refractivity contribution in [2.45, 2.75) is 9.79 Å². The zero-order chi connectivity index (χ0) is 19.9. The molecule has 1 fully saturated rings. The Morgan fingerprint density at radius 3 is 2.50 bits per heavy atom. The van der Waals surface area contributed by atoms with Crippen LogP contribution >= 0.6 is 23.2 Å². The van der Waals surface area contributed by atoms with Crippen LogP contribution in [0.4, 0.5) is 10.1 Å². The van der Waals surface area contributed by atoms with Crippen molar-refractivity contribution in [2.75, 3.05) is 31.2 Å². The molecule has 0 atom stereocenters. The number of aromatic nitrogens is 1. The Hall–Kier alpha value is -1.93. The second-order valence-electron chi connectivity index (χ2n) is 6.31. The van der Waals surface area contributed by atoms with Crippen molar-refractivity contribution >= 4 is 49.6 Å². The lowest BCUT2D eigenvalue weighted by molar-refractivity contribution is 0.122. The van der Waals surface area contributed by atoms with E-state index < -0.39 is 15.7 Å². The first-order valence-corrected chi connectivity index (χ1v) is 10.7. The first-order valence-electron chi connectivity index (χ1n) is 8.49. The average molecular weight is 441 g/mol. The summed E-state index contributed by atoms with van der Waals surface area (Å²) in [6.45, 7) is 1.87. The van der Waals surface area contributed by atoms with Gasteiger partial charge >= 0.3 is 0 Å². The number of halogens is 3. The number of hydrogen-bond donors (Lipinski definition) is 0. The molecular formula is C19H15Cl2FN2O3S. The maximum Gasteiger partial charge on any atom is 0.210 e. The van der Waals surface area contributed by atoms with Crippen LogP contribution in [0.15, 0.2) is 52.4 Å². The first kappa shape index (κ1) is 19.4. The van der Waals surface area contributed by atoms with Gasteiger partial charge in [-0.05, 0) is 36.4 Å². The summed E-state index contributed by atoms with van der Waals surface area (Å²) in [6, 6.07) is 8.26. The molecule has 0 bridgehead atoms. The summed E-state index contributed by atoms with van der Waals surface area (Å²) in [7, 11) is -3.97. The van der Waals surface area contributed by atoms with Gasteiger partial charge in [-0.15, -0.1) is 0 Å². The topological polar surface area (TPSA) is 59.5 Å². The largest absolute Gasteiger partial charge is 0.378 e.